The van der Waals surface area contributed by atoms with Crippen molar-refractivity contribution in [3.05, 3.63) is 51.8 Å². The summed E-state index contributed by atoms with van der Waals surface area (Å²) in [5.41, 5.74) is -4.11. The summed E-state index contributed by atoms with van der Waals surface area (Å²) in [6.45, 7) is 6.81. The van der Waals surface area contributed by atoms with Gasteiger partial charge in [0.25, 0.3) is 0 Å². The summed E-state index contributed by atoms with van der Waals surface area (Å²) in [5.74, 6) is 0.557. The number of ketones is 1. The molecule has 0 saturated heterocycles. The van der Waals surface area contributed by atoms with E-state index < -0.39 is 57.4 Å². The minimum atomic E-state index is -5.18. The van der Waals surface area contributed by atoms with Crippen LogP contribution >= 0.6 is 11.6 Å². The van der Waals surface area contributed by atoms with Crippen LogP contribution in [0.2, 0.25) is 5.15 Å². The number of halogens is 4. The van der Waals surface area contributed by atoms with Gasteiger partial charge < -0.3 is 14.6 Å². The van der Waals surface area contributed by atoms with Crippen molar-refractivity contribution in [2.24, 2.45) is 5.92 Å². The van der Waals surface area contributed by atoms with Crippen LogP contribution in [0.1, 0.15) is 80.6 Å². The number of aromatic nitrogens is 1. The molecule has 3 atom stereocenters. The maximum atomic E-state index is 14.4. The predicted octanol–water partition coefficient (Wildman–Crippen LogP) is 5.77. The van der Waals surface area contributed by atoms with Gasteiger partial charge in [0.15, 0.2) is 16.7 Å². The number of Topliss-reactive ketones (excluding diaryl/α,β-unsaturated/α-hetero) is 1. The Morgan fingerprint density at radius 1 is 1.27 bits per heavy atom. The first-order valence-electron chi connectivity index (χ1n) is 13.0. The third kappa shape index (κ3) is 6.17. The Hall–Kier alpha value is -2.21. The van der Waals surface area contributed by atoms with E-state index in [9.17, 15) is 27.3 Å². The third-order valence-corrected chi connectivity index (χ3v) is 9.33. The smallest absolute Gasteiger partial charge is 0.422 e. The number of alkyl halides is 3. The zero-order valence-corrected chi connectivity index (χ0v) is 24.6. The SMILES string of the molecule is COc1cc(C(=O)CCC(O)(c2cc3c(c(Cl)n2)OCC3(C)NS(=O)C(C)(C)C)C(F)(F)F)ccc1CC1CC1. The van der Waals surface area contributed by atoms with Crippen molar-refractivity contribution in [2.75, 3.05) is 13.7 Å². The molecule has 0 radical (unpaired) electrons. The lowest BCUT2D eigenvalue weighted by Gasteiger charge is -2.32. The molecular weight excluding hydrogens is 569 g/mol. The number of hydrogen-bond acceptors (Lipinski definition) is 6. The molecule has 0 bridgehead atoms. The first-order chi connectivity index (χ1) is 18.5. The van der Waals surface area contributed by atoms with Crippen molar-refractivity contribution >= 4 is 28.4 Å². The molecule has 2 aromatic rings. The van der Waals surface area contributed by atoms with Crippen molar-refractivity contribution in [1.82, 2.24) is 9.71 Å². The summed E-state index contributed by atoms with van der Waals surface area (Å²) in [6, 6.07) is 5.93. The van der Waals surface area contributed by atoms with Crippen molar-refractivity contribution in [1.29, 1.82) is 0 Å². The van der Waals surface area contributed by atoms with E-state index in [-0.39, 0.29) is 28.6 Å². The summed E-state index contributed by atoms with van der Waals surface area (Å²) in [7, 11) is -0.113. The Labute approximate surface area is 239 Å². The van der Waals surface area contributed by atoms with Crippen molar-refractivity contribution in [3.63, 3.8) is 0 Å². The van der Waals surface area contributed by atoms with Crippen LogP contribution in [0.15, 0.2) is 24.3 Å². The number of aliphatic hydroxyl groups is 1. The van der Waals surface area contributed by atoms with Crippen molar-refractivity contribution < 1.29 is 36.8 Å². The fourth-order valence-electron chi connectivity index (χ4n) is 4.57. The van der Waals surface area contributed by atoms with E-state index >= 15 is 0 Å². The summed E-state index contributed by atoms with van der Waals surface area (Å²) in [5, 5.41) is 10.7. The van der Waals surface area contributed by atoms with Crippen LogP contribution in [0.25, 0.3) is 0 Å². The Morgan fingerprint density at radius 2 is 1.95 bits per heavy atom. The van der Waals surface area contributed by atoms with Gasteiger partial charge in [-0.25, -0.2) is 13.9 Å². The molecule has 2 aliphatic rings. The van der Waals surface area contributed by atoms with Crippen LogP contribution in [0.3, 0.4) is 0 Å². The van der Waals surface area contributed by atoms with Gasteiger partial charge in [0.1, 0.15) is 12.4 Å². The van der Waals surface area contributed by atoms with Crippen molar-refractivity contribution in [3.8, 4) is 11.5 Å². The van der Waals surface area contributed by atoms with Crippen LogP contribution < -0.4 is 14.2 Å². The van der Waals surface area contributed by atoms with Gasteiger partial charge in [0, 0.05) is 17.5 Å². The Bertz CT molecular complexity index is 1330. The molecule has 1 aliphatic heterocycles. The minimum absolute atomic E-state index is 0.0466. The maximum absolute atomic E-state index is 14.4. The van der Waals surface area contributed by atoms with Gasteiger partial charge in [0.2, 0.25) is 5.60 Å². The fourth-order valence-corrected chi connectivity index (χ4v) is 5.70. The van der Waals surface area contributed by atoms with Crippen LogP contribution in [-0.4, -0.2) is 44.7 Å². The number of fused-ring (bicyclic) bond motifs is 1. The highest BCUT2D eigenvalue weighted by Gasteiger charge is 2.57. The van der Waals surface area contributed by atoms with Gasteiger partial charge in [-0.3, -0.25) is 4.79 Å². The Morgan fingerprint density at radius 3 is 2.52 bits per heavy atom. The second-order valence-electron chi connectivity index (χ2n) is 11.7. The van der Waals surface area contributed by atoms with E-state index in [1.165, 1.54) is 13.2 Å². The highest BCUT2D eigenvalue weighted by Crippen LogP contribution is 2.48. The van der Waals surface area contributed by atoms with Crippen LogP contribution in [0.5, 0.6) is 11.5 Å². The molecule has 1 aliphatic carbocycles. The number of carbonyl (C=O) groups is 1. The van der Waals surface area contributed by atoms with Crippen LogP contribution in [0, 0.1) is 5.92 Å². The molecule has 1 aromatic carbocycles. The molecule has 40 heavy (non-hydrogen) atoms. The van der Waals surface area contributed by atoms with E-state index in [2.05, 4.69) is 9.71 Å². The summed E-state index contributed by atoms with van der Waals surface area (Å²) >= 11 is 6.23. The fraction of sp³-hybridized carbons (Fsp3) is 0.571. The topological polar surface area (TPSA) is 97.8 Å². The molecule has 220 valence electrons. The average Bonchev–Trinajstić information content (AvgIpc) is 3.62. The van der Waals surface area contributed by atoms with Crippen molar-refractivity contribution in [2.45, 2.75) is 81.9 Å². The summed E-state index contributed by atoms with van der Waals surface area (Å²) in [4.78, 5) is 16.8. The first-order valence-corrected chi connectivity index (χ1v) is 14.5. The Balaban J connectivity index is 1.62. The molecule has 0 spiro atoms. The number of carbonyl (C=O) groups excluding carboxylic acids is 1. The van der Waals surface area contributed by atoms with Crippen LogP contribution in [0.4, 0.5) is 13.2 Å². The van der Waals surface area contributed by atoms with E-state index in [1.54, 1.807) is 39.8 Å². The maximum Gasteiger partial charge on any atom is 0.422 e. The lowest BCUT2D eigenvalue weighted by atomic mass is 9.87. The molecular formula is C28H34ClF3N2O5S. The number of methoxy groups -OCH3 is 1. The molecule has 0 amide bonds. The monoisotopic (exact) mass is 602 g/mol. The quantitative estimate of drug-likeness (QED) is 0.265. The zero-order chi connectivity index (χ0) is 29.7. The molecule has 1 aromatic heterocycles. The van der Waals surface area contributed by atoms with E-state index in [0.29, 0.717) is 11.7 Å². The molecule has 3 unspecified atom stereocenters. The molecule has 2 N–H and O–H groups in total. The third-order valence-electron chi connectivity index (χ3n) is 7.33. The standard InChI is InChI=1S/C28H34ClF3N2O5S/c1-25(2,3)40(37)34-26(4)15-39-23-19(26)14-22(33-24(23)29)27(36,28(30,31)32)11-10-20(35)17-8-9-18(12-16-6-7-16)21(13-17)38-5/h8-9,13-14,16,34,36H,6-7,10-12,15H2,1-5H3. The number of nitrogens with zero attached hydrogens (tertiary/aromatic N) is 1. The zero-order valence-electron chi connectivity index (χ0n) is 23.1. The van der Waals surface area contributed by atoms with E-state index in [0.717, 1.165) is 30.9 Å². The Kier molecular flexibility index (Phi) is 8.37. The number of ether oxygens (including phenoxy) is 2. The molecule has 1 saturated carbocycles. The molecule has 12 heteroatoms. The first kappa shape index (κ1) is 30.7. The summed E-state index contributed by atoms with van der Waals surface area (Å²) in [6.07, 6.45) is -3.69. The predicted molar refractivity (Wildman–Crippen MR) is 146 cm³/mol. The molecule has 1 fully saturated rings. The van der Waals surface area contributed by atoms with Gasteiger partial charge in [0.05, 0.1) is 34.1 Å². The molecule has 4 rings (SSSR count). The number of pyridine rings is 1. The van der Waals surface area contributed by atoms with Gasteiger partial charge in [-0.2, -0.15) is 13.2 Å². The van der Waals surface area contributed by atoms with Gasteiger partial charge >= 0.3 is 6.18 Å². The second kappa shape index (κ2) is 10.9. The highest BCUT2D eigenvalue weighted by molar-refractivity contribution is 7.84. The number of rotatable bonds is 10. The second-order valence-corrected chi connectivity index (χ2v) is 14.1. The van der Waals surface area contributed by atoms with Gasteiger partial charge in [-0.1, -0.05) is 23.7 Å². The normalized spacial score (nSPS) is 21.4. The van der Waals surface area contributed by atoms with Crippen LogP contribution in [-0.2, 0) is 28.5 Å². The van der Waals surface area contributed by atoms with Gasteiger partial charge in [-0.05, 0) is 77.0 Å². The highest BCUT2D eigenvalue weighted by atomic mass is 35.5. The van der Waals surface area contributed by atoms with Gasteiger partial charge in [-0.15, -0.1) is 0 Å². The lowest BCUT2D eigenvalue weighted by molar-refractivity contribution is -0.270. The number of benzene rings is 1. The largest absolute Gasteiger partial charge is 0.496 e. The summed E-state index contributed by atoms with van der Waals surface area (Å²) < 4.78 is 69.4. The van der Waals surface area contributed by atoms with E-state index in [4.69, 9.17) is 21.1 Å². The lowest BCUT2D eigenvalue weighted by Crippen LogP contribution is -2.47. The average molecular weight is 603 g/mol. The van der Waals surface area contributed by atoms with E-state index in [1.807, 2.05) is 0 Å². The number of nitrogens with one attached hydrogen (secondary N) is 1. The minimum Gasteiger partial charge on any atom is -0.496 e. The number of hydrogen-bond donors (Lipinski definition) is 2. The molecule has 2 heterocycles. The molecule has 7 nitrogen and oxygen atoms in total.